The maximum absolute atomic E-state index is 11.9. The van der Waals surface area contributed by atoms with Gasteiger partial charge in [-0.1, -0.05) is 31.7 Å². The Morgan fingerprint density at radius 2 is 2.00 bits per heavy atom. The number of hydrogen-bond acceptors (Lipinski definition) is 3. The van der Waals surface area contributed by atoms with Crippen molar-refractivity contribution in [2.45, 2.75) is 32.7 Å². The second-order valence-corrected chi connectivity index (χ2v) is 5.76. The van der Waals surface area contributed by atoms with Crippen molar-refractivity contribution in [3.63, 3.8) is 0 Å². The molecule has 0 bridgehead atoms. The van der Waals surface area contributed by atoms with Crippen LogP contribution in [0.2, 0.25) is 0 Å². The zero-order valence-corrected chi connectivity index (χ0v) is 12.3. The van der Waals surface area contributed by atoms with Gasteiger partial charge < -0.3 is 4.74 Å². The first kappa shape index (κ1) is 14.8. The Hall–Kier alpha value is -1.61. The van der Waals surface area contributed by atoms with Crippen molar-refractivity contribution in [2.75, 3.05) is 13.1 Å². The molecule has 1 fully saturated rings. The van der Waals surface area contributed by atoms with Crippen molar-refractivity contribution in [3.05, 3.63) is 48.2 Å². The van der Waals surface area contributed by atoms with Crippen LogP contribution >= 0.6 is 0 Å². The standard InChI is InChI=1S/C17H23NO2/c1-13-9-10-14(2)18(11-13)12-15(3)20-17(19)16-7-5-4-6-8-16/h4-8,13-14H,3,9-12H2,1-2H3. The lowest BCUT2D eigenvalue weighted by Crippen LogP contribution is -2.42. The van der Waals surface area contributed by atoms with Crippen LogP contribution in [0, 0.1) is 5.92 Å². The third-order valence-electron chi connectivity index (χ3n) is 3.87. The zero-order chi connectivity index (χ0) is 14.5. The number of esters is 1. The molecule has 20 heavy (non-hydrogen) atoms. The number of carbonyl (C=O) groups excluding carboxylic acids is 1. The minimum absolute atomic E-state index is 0.326. The molecule has 1 aromatic rings. The minimum Gasteiger partial charge on any atom is -0.427 e. The number of piperidine rings is 1. The molecule has 1 heterocycles. The maximum Gasteiger partial charge on any atom is 0.343 e. The molecular weight excluding hydrogens is 250 g/mol. The van der Waals surface area contributed by atoms with E-state index in [1.54, 1.807) is 12.1 Å². The molecule has 3 nitrogen and oxygen atoms in total. The van der Waals surface area contributed by atoms with Crippen LogP contribution in [-0.2, 0) is 4.74 Å². The average molecular weight is 273 g/mol. The lowest BCUT2D eigenvalue weighted by molar-refractivity contribution is 0.0557. The van der Waals surface area contributed by atoms with E-state index in [0.29, 0.717) is 29.8 Å². The molecule has 3 heteroatoms. The highest BCUT2D eigenvalue weighted by Gasteiger charge is 2.24. The van der Waals surface area contributed by atoms with E-state index in [-0.39, 0.29) is 5.97 Å². The van der Waals surface area contributed by atoms with Gasteiger partial charge >= 0.3 is 5.97 Å². The molecule has 108 valence electrons. The Bertz CT molecular complexity index is 469. The molecule has 0 amide bonds. The molecule has 0 N–H and O–H groups in total. The summed E-state index contributed by atoms with van der Waals surface area (Å²) in [5.74, 6) is 0.900. The summed E-state index contributed by atoms with van der Waals surface area (Å²) in [7, 11) is 0. The highest BCUT2D eigenvalue weighted by molar-refractivity contribution is 5.89. The van der Waals surface area contributed by atoms with Gasteiger partial charge in [0, 0.05) is 12.6 Å². The van der Waals surface area contributed by atoms with E-state index in [4.69, 9.17) is 4.74 Å². The van der Waals surface area contributed by atoms with E-state index in [1.807, 2.05) is 18.2 Å². The van der Waals surface area contributed by atoms with E-state index in [2.05, 4.69) is 25.3 Å². The summed E-state index contributed by atoms with van der Waals surface area (Å²) in [6.45, 7) is 10.0. The van der Waals surface area contributed by atoms with Gasteiger partial charge in [-0.25, -0.2) is 4.79 Å². The first-order valence-electron chi connectivity index (χ1n) is 7.25. The van der Waals surface area contributed by atoms with Crippen LogP contribution in [0.4, 0.5) is 0 Å². The summed E-state index contributed by atoms with van der Waals surface area (Å²) >= 11 is 0. The summed E-state index contributed by atoms with van der Waals surface area (Å²) in [6.07, 6.45) is 2.47. The lowest BCUT2D eigenvalue weighted by Gasteiger charge is -2.36. The van der Waals surface area contributed by atoms with Crippen LogP contribution in [0.15, 0.2) is 42.7 Å². The van der Waals surface area contributed by atoms with Crippen molar-refractivity contribution in [2.24, 2.45) is 5.92 Å². The SMILES string of the molecule is C=C(CN1CC(C)CCC1C)OC(=O)c1ccccc1. The Morgan fingerprint density at radius 1 is 1.30 bits per heavy atom. The van der Waals surface area contributed by atoms with Gasteiger partial charge in [-0.05, 0) is 37.8 Å². The Kier molecular flexibility index (Phi) is 4.96. The molecule has 1 saturated heterocycles. The lowest BCUT2D eigenvalue weighted by atomic mass is 9.95. The summed E-state index contributed by atoms with van der Waals surface area (Å²) in [5.41, 5.74) is 0.564. The van der Waals surface area contributed by atoms with Crippen molar-refractivity contribution in [1.82, 2.24) is 4.90 Å². The fraction of sp³-hybridized carbons (Fsp3) is 0.471. The van der Waals surface area contributed by atoms with E-state index in [0.717, 1.165) is 6.54 Å². The summed E-state index contributed by atoms with van der Waals surface area (Å²) in [6, 6.07) is 9.56. The van der Waals surface area contributed by atoms with Gasteiger partial charge in [0.25, 0.3) is 0 Å². The molecule has 0 saturated carbocycles. The first-order valence-corrected chi connectivity index (χ1v) is 7.25. The number of nitrogens with zero attached hydrogens (tertiary/aromatic N) is 1. The molecule has 2 unspecified atom stereocenters. The summed E-state index contributed by atoms with van der Waals surface area (Å²) in [4.78, 5) is 14.3. The quantitative estimate of drug-likeness (QED) is 0.621. The van der Waals surface area contributed by atoms with Crippen LogP contribution in [-0.4, -0.2) is 30.0 Å². The topological polar surface area (TPSA) is 29.5 Å². The highest BCUT2D eigenvalue weighted by Crippen LogP contribution is 2.22. The molecular formula is C17H23NO2. The second-order valence-electron chi connectivity index (χ2n) is 5.76. The number of hydrogen-bond donors (Lipinski definition) is 0. The summed E-state index contributed by atoms with van der Waals surface area (Å²) < 4.78 is 5.35. The predicted octanol–water partition coefficient (Wildman–Crippen LogP) is 3.48. The van der Waals surface area contributed by atoms with Crippen molar-refractivity contribution >= 4 is 5.97 Å². The molecule has 0 aliphatic carbocycles. The van der Waals surface area contributed by atoms with Gasteiger partial charge in [0.1, 0.15) is 5.76 Å². The van der Waals surface area contributed by atoms with E-state index in [9.17, 15) is 4.79 Å². The van der Waals surface area contributed by atoms with Gasteiger partial charge in [0.2, 0.25) is 0 Å². The van der Waals surface area contributed by atoms with Crippen LogP contribution < -0.4 is 0 Å². The fourth-order valence-corrected chi connectivity index (χ4v) is 2.62. The first-order chi connectivity index (χ1) is 9.56. The van der Waals surface area contributed by atoms with Gasteiger partial charge in [-0.2, -0.15) is 0 Å². The number of carbonyl (C=O) groups is 1. The Morgan fingerprint density at radius 3 is 2.70 bits per heavy atom. The normalized spacial score (nSPS) is 23.3. The number of likely N-dealkylation sites (tertiary alicyclic amines) is 1. The molecule has 0 spiro atoms. The maximum atomic E-state index is 11.9. The average Bonchev–Trinajstić information content (AvgIpc) is 2.43. The predicted molar refractivity (Wildman–Crippen MR) is 80.4 cm³/mol. The van der Waals surface area contributed by atoms with Gasteiger partial charge in [-0.3, -0.25) is 4.90 Å². The molecule has 0 radical (unpaired) electrons. The molecule has 1 aromatic carbocycles. The highest BCUT2D eigenvalue weighted by atomic mass is 16.5. The Balaban J connectivity index is 1.87. The Labute approximate surface area is 121 Å². The van der Waals surface area contributed by atoms with Crippen LogP contribution in [0.5, 0.6) is 0 Å². The van der Waals surface area contributed by atoms with Crippen molar-refractivity contribution < 1.29 is 9.53 Å². The van der Waals surface area contributed by atoms with Crippen LogP contribution in [0.25, 0.3) is 0 Å². The van der Waals surface area contributed by atoms with Gasteiger partial charge in [0.15, 0.2) is 0 Å². The third kappa shape index (κ3) is 3.94. The zero-order valence-electron chi connectivity index (χ0n) is 12.3. The summed E-state index contributed by atoms with van der Waals surface area (Å²) in [5, 5.41) is 0. The molecule has 1 aliphatic rings. The molecule has 2 atom stereocenters. The largest absolute Gasteiger partial charge is 0.427 e. The van der Waals surface area contributed by atoms with Crippen LogP contribution in [0.1, 0.15) is 37.0 Å². The van der Waals surface area contributed by atoms with E-state index < -0.39 is 0 Å². The number of rotatable bonds is 4. The minimum atomic E-state index is -0.326. The van der Waals surface area contributed by atoms with E-state index >= 15 is 0 Å². The van der Waals surface area contributed by atoms with E-state index in [1.165, 1.54) is 12.8 Å². The third-order valence-corrected chi connectivity index (χ3v) is 3.87. The van der Waals surface area contributed by atoms with Crippen LogP contribution in [0.3, 0.4) is 0 Å². The van der Waals surface area contributed by atoms with Gasteiger partial charge in [0.05, 0.1) is 12.1 Å². The smallest absolute Gasteiger partial charge is 0.343 e. The monoisotopic (exact) mass is 273 g/mol. The van der Waals surface area contributed by atoms with Crippen molar-refractivity contribution in [1.29, 1.82) is 0 Å². The second kappa shape index (κ2) is 6.71. The van der Waals surface area contributed by atoms with Gasteiger partial charge in [-0.15, -0.1) is 0 Å². The number of ether oxygens (including phenoxy) is 1. The fourth-order valence-electron chi connectivity index (χ4n) is 2.62. The number of benzene rings is 1. The molecule has 1 aliphatic heterocycles. The molecule has 2 rings (SSSR count). The van der Waals surface area contributed by atoms with Crippen molar-refractivity contribution in [3.8, 4) is 0 Å². The molecule has 0 aromatic heterocycles.